The summed E-state index contributed by atoms with van der Waals surface area (Å²) < 4.78 is 32.9. The van der Waals surface area contributed by atoms with Crippen molar-refractivity contribution in [3.8, 4) is 0 Å². The molecule has 0 saturated carbocycles. The second-order valence-electron chi connectivity index (χ2n) is 7.08. The highest BCUT2D eigenvalue weighted by Crippen LogP contribution is 2.25. The number of aromatic nitrogens is 1. The third-order valence-electron chi connectivity index (χ3n) is 5.18. The van der Waals surface area contributed by atoms with Gasteiger partial charge in [0.1, 0.15) is 5.03 Å². The van der Waals surface area contributed by atoms with Gasteiger partial charge in [0.05, 0.1) is 13.2 Å². The zero-order valence-corrected chi connectivity index (χ0v) is 16.9. The van der Waals surface area contributed by atoms with Crippen LogP contribution in [0.25, 0.3) is 10.9 Å². The van der Waals surface area contributed by atoms with Gasteiger partial charge >= 0.3 is 0 Å². The number of rotatable bonds is 4. The monoisotopic (exact) mass is 426 g/mol. The highest BCUT2D eigenvalue weighted by molar-refractivity contribution is 7.89. The predicted octanol–water partition coefficient (Wildman–Crippen LogP) is 1.03. The van der Waals surface area contributed by atoms with Gasteiger partial charge in [0.2, 0.25) is 5.91 Å². The van der Waals surface area contributed by atoms with Crippen LogP contribution < -0.4 is 5.32 Å². The van der Waals surface area contributed by atoms with E-state index in [0.717, 1.165) is 10.9 Å². The minimum absolute atomic E-state index is 0.0281. The number of sulfonamides is 1. The van der Waals surface area contributed by atoms with Crippen molar-refractivity contribution in [2.75, 3.05) is 45.9 Å². The average Bonchev–Trinajstić information content (AvgIpc) is 3.13. The number of piperazine rings is 1. The van der Waals surface area contributed by atoms with E-state index < -0.39 is 10.0 Å². The Morgan fingerprint density at radius 1 is 1.21 bits per heavy atom. The molecule has 3 heterocycles. The molecule has 4 rings (SSSR count). The molecule has 1 unspecified atom stereocenters. The Bertz CT molecular complexity index is 971. The van der Waals surface area contributed by atoms with Crippen LogP contribution in [-0.2, 0) is 19.6 Å². The molecule has 28 heavy (non-hydrogen) atoms. The lowest BCUT2D eigenvalue weighted by Gasteiger charge is -2.34. The van der Waals surface area contributed by atoms with Crippen LogP contribution in [0.2, 0.25) is 5.02 Å². The number of hydrogen-bond donors (Lipinski definition) is 2. The van der Waals surface area contributed by atoms with Gasteiger partial charge in [0.25, 0.3) is 10.0 Å². The van der Waals surface area contributed by atoms with E-state index in [-0.39, 0.29) is 29.9 Å². The standard InChI is InChI=1S/C18H23ClN4O4S/c19-14-1-2-16-13(9-14)10-17(21-16)28(25,26)23-4-3-20-15(12-23)11-18(24)22-5-7-27-8-6-22/h1-2,9-10,15,20-21H,3-8,11-12H2. The van der Waals surface area contributed by atoms with Crippen molar-refractivity contribution in [2.45, 2.75) is 17.5 Å². The van der Waals surface area contributed by atoms with Gasteiger partial charge in [-0.3, -0.25) is 4.79 Å². The molecule has 0 spiro atoms. The molecule has 2 aliphatic heterocycles. The van der Waals surface area contributed by atoms with E-state index in [1.54, 1.807) is 29.2 Å². The first-order valence-electron chi connectivity index (χ1n) is 9.31. The number of fused-ring (bicyclic) bond motifs is 1. The maximum atomic E-state index is 13.1. The van der Waals surface area contributed by atoms with Crippen LogP contribution >= 0.6 is 11.6 Å². The number of aromatic amines is 1. The van der Waals surface area contributed by atoms with Crippen molar-refractivity contribution in [2.24, 2.45) is 0 Å². The minimum atomic E-state index is -3.68. The molecule has 0 bridgehead atoms. The second-order valence-corrected chi connectivity index (χ2v) is 9.42. The summed E-state index contributed by atoms with van der Waals surface area (Å²) in [5, 5.41) is 4.71. The number of hydrogen-bond acceptors (Lipinski definition) is 5. The number of benzene rings is 1. The number of nitrogens with zero attached hydrogens (tertiary/aromatic N) is 2. The Labute approximate surface area is 168 Å². The molecule has 1 aromatic carbocycles. The van der Waals surface area contributed by atoms with E-state index in [1.165, 1.54) is 4.31 Å². The number of carbonyl (C=O) groups is 1. The van der Waals surface area contributed by atoms with Crippen LogP contribution in [-0.4, -0.2) is 80.5 Å². The Balaban J connectivity index is 1.47. The molecule has 2 aliphatic rings. The second kappa shape index (κ2) is 8.00. The van der Waals surface area contributed by atoms with Crippen molar-refractivity contribution < 1.29 is 17.9 Å². The molecule has 8 nitrogen and oxygen atoms in total. The number of nitrogens with one attached hydrogen (secondary N) is 2. The fraction of sp³-hybridized carbons (Fsp3) is 0.500. The van der Waals surface area contributed by atoms with E-state index in [9.17, 15) is 13.2 Å². The Morgan fingerprint density at radius 2 is 2.00 bits per heavy atom. The molecule has 152 valence electrons. The van der Waals surface area contributed by atoms with Crippen molar-refractivity contribution in [3.63, 3.8) is 0 Å². The fourth-order valence-corrected chi connectivity index (χ4v) is 5.34. The molecule has 2 aromatic rings. The molecule has 2 fully saturated rings. The maximum absolute atomic E-state index is 13.1. The Kier molecular flexibility index (Phi) is 5.62. The lowest BCUT2D eigenvalue weighted by Crippen LogP contribution is -2.54. The third-order valence-corrected chi connectivity index (χ3v) is 7.20. The van der Waals surface area contributed by atoms with Crippen LogP contribution in [0.15, 0.2) is 29.3 Å². The smallest absolute Gasteiger partial charge is 0.258 e. The number of amides is 1. The first-order chi connectivity index (χ1) is 13.4. The summed E-state index contributed by atoms with van der Waals surface area (Å²) in [5.41, 5.74) is 0.720. The summed E-state index contributed by atoms with van der Waals surface area (Å²) >= 11 is 6.00. The highest BCUT2D eigenvalue weighted by atomic mass is 35.5. The van der Waals surface area contributed by atoms with Gasteiger partial charge in [-0.2, -0.15) is 4.31 Å². The van der Waals surface area contributed by atoms with Gasteiger partial charge in [-0.05, 0) is 24.3 Å². The number of ether oxygens (including phenoxy) is 1. The Hall–Kier alpha value is -1.65. The largest absolute Gasteiger partial charge is 0.378 e. The molecular formula is C18H23ClN4O4S. The van der Waals surface area contributed by atoms with Gasteiger partial charge in [0.15, 0.2) is 0 Å². The van der Waals surface area contributed by atoms with Crippen molar-refractivity contribution >= 4 is 38.4 Å². The molecular weight excluding hydrogens is 404 g/mol. The summed E-state index contributed by atoms with van der Waals surface area (Å²) in [6.07, 6.45) is 0.272. The zero-order valence-electron chi connectivity index (χ0n) is 15.4. The van der Waals surface area contributed by atoms with E-state index in [1.807, 2.05) is 0 Å². The number of carbonyl (C=O) groups excluding carboxylic acids is 1. The first kappa shape index (κ1) is 19.7. The molecule has 0 aliphatic carbocycles. The van der Waals surface area contributed by atoms with Gasteiger partial charge in [-0.25, -0.2) is 8.42 Å². The van der Waals surface area contributed by atoms with E-state index in [0.29, 0.717) is 44.4 Å². The normalized spacial score (nSPS) is 21.9. The van der Waals surface area contributed by atoms with Crippen molar-refractivity contribution in [1.29, 1.82) is 0 Å². The fourth-order valence-electron chi connectivity index (χ4n) is 3.66. The summed E-state index contributed by atoms with van der Waals surface area (Å²) in [4.78, 5) is 17.2. The molecule has 1 aromatic heterocycles. The van der Waals surface area contributed by atoms with Crippen LogP contribution in [0.4, 0.5) is 0 Å². The maximum Gasteiger partial charge on any atom is 0.258 e. The number of H-pyrrole nitrogens is 1. The average molecular weight is 427 g/mol. The van der Waals surface area contributed by atoms with Crippen molar-refractivity contribution in [3.05, 3.63) is 29.3 Å². The summed E-state index contributed by atoms with van der Waals surface area (Å²) in [6, 6.07) is 6.60. The molecule has 2 saturated heterocycles. The van der Waals surface area contributed by atoms with Gasteiger partial charge < -0.3 is 19.9 Å². The SMILES string of the molecule is O=C(CC1CN(S(=O)(=O)c2cc3cc(Cl)ccc3[nH]2)CCN1)N1CCOCC1. The zero-order chi connectivity index (χ0) is 19.7. The van der Waals surface area contributed by atoms with Gasteiger partial charge in [-0.15, -0.1) is 0 Å². The highest BCUT2D eigenvalue weighted by Gasteiger charge is 2.33. The van der Waals surface area contributed by atoms with E-state index >= 15 is 0 Å². The molecule has 1 atom stereocenters. The van der Waals surface area contributed by atoms with Gasteiger partial charge in [-0.1, -0.05) is 11.6 Å². The molecule has 10 heteroatoms. The quantitative estimate of drug-likeness (QED) is 0.761. The lowest BCUT2D eigenvalue weighted by molar-refractivity contribution is -0.135. The Morgan fingerprint density at radius 3 is 2.79 bits per heavy atom. The summed E-state index contributed by atoms with van der Waals surface area (Å²) in [5.74, 6) is 0.0281. The van der Waals surface area contributed by atoms with Crippen LogP contribution in [0.3, 0.4) is 0 Å². The van der Waals surface area contributed by atoms with Crippen LogP contribution in [0.5, 0.6) is 0 Å². The van der Waals surface area contributed by atoms with Crippen LogP contribution in [0, 0.1) is 0 Å². The third kappa shape index (κ3) is 4.04. The van der Waals surface area contributed by atoms with Gasteiger partial charge in [0, 0.05) is 61.1 Å². The minimum Gasteiger partial charge on any atom is -0.378 e. The topological polar surface area (TPSA) is 94.7 Å². The molecule has 0 radical (unpaired) electrons. The lowest BCUT2D eigenvalue weighted by atomic mass is 10.1. The van der Waals surface area contributed by atoms with Crippen LogP contribution in [0.1, 0.15) is 6.42 Å². The van der Waals surface area contributed by atoms with Crippen molar-refractivity contribution in [1.82, 2.24) is 19.5 Å². The first-order valence-corrected chi connectivity index (χ1v) is 11.1. The predicted molar refractivity (Wildman–Crippen MR) is 106 cm³/mol. The molecule has 1 amide bonds. The number of halogens is 1. The summed E-state index contributed by atoms with van der Waals surface area (Å²) in [7, 11) is -3.68. The van der Waals surface area contributed by atoms with E-state index in [2.05, 4.69) is 10.3 Å². The van der Waals surface area contributed by atoms with E-state index in [4.69, 9.17) is 16.3 Å². The summed E-state index contributed by atoms with van der Waals surface area (Å²) in [6.45, 7) is 3.40. The molecule has 2 N–H and O–H groups in total. The number of morpholine rings is 1.